The molecule has 2 aliphatic rings. The molecule has 2 saturated heterocycles. The lowest BCUT2D eigenvalue weighted by molar-refractivity contribution is -0.253. The molecule has 228 valence electrons. The van der Waals surface area contributed by atoms with Crippen LogP contribution in [0.25, 0.3) is 0 Å². The van der Waals surface area contributed by atoms with Crippen LogP contribution in [0, 0.1) is 0 Å². The van der Waals surface area contributed by atoms with E-state index in [9.17, 15) is 14.7 Å². The van der Waals surface area contributed by atoms with Gasteiger partial charge in [0.1, 0.15) is 0 Å². The Morgan fingerprint density at radius 3 is 2.37 bits per heavy atom. The van der Waals surface area contributed by atoms with Gasteiger partial charge in [-0.2, -0.15) is 0 Å². The van der Waals surface area contributed by atoms with Gasteiger partial charge >= 0.3 is 5.97 Å². The Morgan fingerprint density at radius 1 is 0.907 bits per heavy atom. The molecule has 3 heterocycles. The summed E-state index contributed by atoms with van der Waals surface area (Å²) in [6.07, 6.45) is 4.57. The Labute approximate surface area is 251 Å². The molecule has 3 N–H and O–H groups in total. The molecule has 2 fully saturated rings. The average molecular weight is 590 g/mol. The number of hydrogen-bond acceptors (Lipinski definition) is 9. The summed E-state index contributed by atoms with van der Waals surface area (Å²) in [5.74, 6) is -0.262. The molecule has 3 atom stereocenters. The highest BCUT2D eigenvalue weighted by molar-refractivity contribution is 5.90. The second-order valence-electron chi connectivity index (χ2n) is 11.0. The van der Waals surface area contributed by atoms with Crippen LogP contribution in [0.4, 0.5) is 11.6 Å². The van der Waals surface area contributed by atoms with Gasteiger partial charge in [0.2, 0.25) is 11.9 Å². The van der Waals surface area contributed by atoms with E-state index < -0.39 is 12.3 Å². The SMILES string of the molecule is O=C(O)CCCCC(=O)Nc1cccc([C@H]2O[C@@H](CN3CCN(c4ncccn4)CC3)C[C@@H](c3ccc(CO)cc3)O2)c1. The van der Waals surface area contributed by atoms with Gasteiger partial charge in [-0.15, -0.1) is 0 Å². The van der Waals surface area contributed by atoms with Crippen molar-refractivity contribution in [3.05, 3.63) is 83.7 Å². The maximum Gasteiger partial charge on any atom is 0.303 e. The summed E-state index contributed by atoms with van der Waals surface area (Å²) in [6, 6.07) is 17.1. The van der Waals surface area contributed by atoms with Crippen LogP contribution < -0.4 is 10.2 Å². The normalized spacial score (nSPS) is 21.0. The number of ether oxygens (including phenoxy) is 2. The Hall–Kier alpha value is -3.90. The highest BCUT2D eigenvalue weighted by Crippen LogP contribution is 2.38. The number of unbranched alkanes of at least 4 members (excludes halogenated alkanes) is 1. The fourth-order valence-electron chi connectivity index (χ4n) is 5.45. The van der Waals surface area contributed by atoms with E-state index in [1.54, 1.807) is 12.4 Å². The third-order valence-corrected chi connectivity index (χ3v) is 7.77. The number of carboxylic acid groups (broad SMARTS) is 1. The summed E-state index contributed by atoms with van der Waals surface area (Å²) in [6.45, 7) is 4.14. The van der Waals surface area contributed by atoms with Gasteiger partial charge < -0.3 is 29.9 Å². The van der Waals surface area contributed by atoms with Crippen molar-refractivity contribution in [1.82, 2.24) is 14.9 Å². The number of nitrogens with zero attached hydrogens (tertiary/aromatic N) is 4. The molecule has 11 nitrogen and oxygen atoms in total. The maximum absolute atomic E-state index is 12.5. The number of anilines is 2. The number of piperazine rings is 1. The molecule has 0 unspecified atom stereocenters. The van der Waals surface area contributed by atoms with Crippen LogP contribution >= 0.6 is 0 Å². The fourth-order valence-corrected chi connectivity index (χ4v) is 5.45. The molecule has 2 aliphatic heterocycles. The van der Waals surface area contributed by atoms with E-state index >= 15 is 0 Å². The van der Waals surface area contributed by atoms with Crippen LogP contribution in [-0.2, 0) is 25.7 Å². The minimum Gasteiger partial charge on any atom is -0.481 e. The van der Waals surface area contributed by atoms with Gasteiger partial charge in [0, 0.05) is 75.6 Å². The number of aliphatic hydroxyl groups excluding tert-OH is 1. The lowest BCUT2D eigenvalue weighted by Crippen LogP contribution is -2.50. The number of aliphatic hydroxyl groups is 1. The number of amides is 1. The standard InChI is InChI=1S/C32H39N5O6/c38-22-23-9-11-24(12-10-23)28-20-27(21-36-15-17-37(18-16-36)32-33-13-4-14-34-32)42-31(43-28)25-5-3-6-26(19-25)35-29(39)7-1-2-8-30(40)41/h3-6,9-14,19,27-28,31,38H,1-2,7-8,15-18,20-22H2,(H,35,39)(H,40,41)/t27-,28+,31+/m1/s1. The summed E-state index contributed by atoms with van der Waals surface area (Å²) in [4.78, 5) is 36.6. The Kier molecular flexibility index (Phi) is 10.7. The zero-order chi connectivity index (χ0) is 30.0. The Bertz CT molecular complexity index is 1330. The second kappa shape index (κ2) is 15.0. The number of hydrogen-bond donors (Lipinski definition) is 3. The molecule has 0 spiro atoms. The lowest BCUT2D eigenvalue weighted by Gasteiger charge is -2.40. The van der Waals surface area contributed by atoms with Crippen molar-refractivity contribution < 1.29 is 29.3 Å². The number of rotatable bonds is 12. The van der Waals surface area contributed by atoms with Gasteiger partial charge in [0.05, 0.1) is 18.8 Å². The van der Waals surface area contributed by atoms with Crippen molar-refractivity contribution in [3.8, 4) is 0 Å². The van der Waals surface area contributed by atoms with E-state index in [0.717, 1.165) is 55.4 Å². The van der Waals surface area contributed by atoms with Gasteiger partial charge in [0.25, 0.3) is 0 Å². The zero-order valence-electron chi connectivity index (χ0n) is 24.2. The molecular formula is C32H39N5O6. The van der Waals surface area contributed by atoms with Crippen LogP contribution in [0.15, 0.2) is 67.0 Å². The Balaban J connectivity index is 1.25. The number of aliphatic carboxylic acids is 1. The topological polar surface area (TPSA) is 137 Å². The van der Waals surface area contributed by atoms with Gasteiger partial charge in [-0.05, 0) is 42.2 Å². The first-order valence-electron chi connectivity index (χ1n) is 14.8. The maximum atomic E-state index is 12.5. The monoisotopic (exact) mass is 589 g/mol. The van der Waals surface area contributed by atoms with Crippen molar-refractivity contribution in [2.75, 3.05) is 42.9 Å². The quantitative estimate of drug-likeness (QED) is 0.267. The van der Waals surface area contributed by atoms with E-state index in [4.69, 9.17) is 14.6 Å². The predicted molar refractivity (Wildman–Crippen MR) is 160 cm³/mol. The summed E-state index contributed by atoms with van der Waals surface area (Å²) in [5.41, 5.74) is 3.30. The molecule has 5 rings (SSSR count). The van der Waals surface area contributed by atoms with Crippen molar-refractivity contribution in [3.63, 3.8) is 0 Å². The summed E-state index contributed by atoms with van der Waals surface area (Å²) in [7, 11) is 0. The molecule has 0 aliphatic carbocycles. The first-order chi connectivity index (χ1) is 21.0. The van der Waals surface area contributed by atoms with Crippen LogP contribution in [0.1, 0.15) is 61.2 Å². The summed E-state index contributed by atoms with van der Waals surface area (Å²) < 4.78 is 13.0. The third kappa shape index (κ3) is 8.80. The van der Waals surface area contributed by atoms with Crippen LogP contribution in [0.2, 0.25) is 0 Å². The molecule has 0 saturated carbocycles. The van der Waals surface area contributed by atoms with Crippen LogP contribution in [-0.4, -0.2) is 75.8 Å². The van der Waals surface area contributed by atoms with E-state index in [0.29, 0.717) is 24.9 Å². The molecule has 0 radical (unpaired) electrons. The zero-order valence-corrected chi connectivity index (χ0v) is 24.2. The highest BCUT2D eigenvalue weighted by Gasteiger charge is 2.34. The molecule has 1 aromatic heterocycles. The largest absolute Gasteiger partial charge is 0.481 e. The molecule has 11 heteroatoms. The lowest BCUT2D eigenvalue weighted by atomic mass is 9.99. The predicted octanol–water partition coefficient (Wildman–Crippen LogP) is 3.92. The molecule has 2 aromatic carbocycles. The van der Waals surface area contributed by atoms with Gasteiger partial charge in [0.15, 0.2) is 6.29 Å². The van der Waals surface area contributed by atoms with Gasteiger partial charge in [-0.25, -0.2) is 9.97 Å². The minimum atomic E-state index is -0.856. The van der Waals surface area contributed by atoms with E-state index in [-0.39, 0.29) is 37.6 Å². The van der Waals surface area contributed by atoms with E-state index in [1.807, 2.05) is 54.6 Å². The van der Waals surface area contributed by atoms with Crippen molar-refractivity contribution in [2.24, 2.45) is 0 Å². The van der Waals surface area contributed by atoms with E-state index in [1.165, 1.54) is 0 Å². The molecule has 0 bridgehead atoms. The van der Waals surface area contributed by atoms with Gasteiger partial charge in [-0.1, -0.05) is 36.4 Å². The molecule has 43 heavy (non-hydrogen) atoms. The summed E-state index contributed by atoms with van der Waals surface area (Å²) >= 11 is 0. The van der Waals surface area contributed by atoms with Crippen molar-refractivity contribution in [1.29, 1.82) is 0 Å². The summed E-state index contributed by atoms with van der Waals surface area (Å²) in [5, 5.41) is 21.2. The van der Waals surface area contributed by atoms with E-state index in [2.05, 4.69) is 25.1 Å². The highest BCUT2D eigenvalue weighted by atomic mass is 16.7. The minimum absolute atomic E-state index is 0.0156. The second-order valence-corrected chi connectivity index (χ2v) is 11.0. The Morgan fingerprint density at radius 2 is 1.65 bits per heavy atom. The molecular weight excluding hydrogens is 550 g/mol. The number of nitrogens with one attached hydrogen (secondary N) is 1. The number of aromatic nitrogens is 2. The molecule has 1 amide bonds. The number of carbonyl (C=O) groups is 2. The number of benzene rings is 2. The van der Waals surface area contributed by atoms with Gasteiger partial charge in [-0.3, -0.25) is 14.5 Å². The third-order valence-electron chi connectivity index (χ3n) is 7.77. The molecule has 3 aromatic rings. The van der Waals surface area contributed by atoms with Crippen molar-refractivity contribution >= 4 is 23.5 Å². The number of carboxylic acids is 1. The first kappa shape index (κ1) is 30.6. The smallest absolute Gasteiger partial charge is 0.303 e. The first-order valence-corrected chi connectivity index (χ1v) is 14.8. The number of carbonyl (C=O) groups excluding carboxylic acids is 1. The van der Waals surface area contributed by atoms with Crippen LogP contribution in [0.3, 0.4) is 0 Å². The van der Waals surface area contributed by atoms with Crippen molar-refractivity contribution in [2.45, 2.75) is 57.2 Å². The fraction of sp³-hybridized carbons (Fsp3) is 0.438. The van der Waals surface area contributed by atoms with Crippen LogP contribution in [0.5, 0.6) is 0 Å². The average Bonchev–Trinajstić information content (AvgIpc) is 3.04.